The maximum atomic E-state index is 12.2. The highest BCUT2D eigenvalue weighted by molar-refractivity contribution is 5.96. The molecule has 2 N–H and O–H groups in total. The van der Waals surface area contributed by atoms with Gasteiger partial charge in [-0.1, -0.05) is 18.2 Å². The van der Waals surface area contributed by atoms with E-state index < -0.39 is 5.97 Å². The van der Waals surface area contributed by atoms with Gasteiger partial charge in [-0.05, 0) is 48.9 Å². The lowest BCUT2D eigenvalue weighted by molar-refractivity contribution is -0.115. The minimum absolute atomic E-state index is 0.0273. The predicted molar refractivity (Wildman–Crippen MR) is 86.6 cm³/mol. The van der Waals surface area contributed by atoms with Gasteiger partial charge in [-0.2, -0.15) is 0 Å². The summed E-state index contributed by atoms with van der Waals surface area (Å²) >= 11 is 0. The summed E-state index contributed by atoms with van der Waals surface area (Å²) in [6, 6.07) is 8.52. The molecule has 1 aromatic carbocycles. The van der Waals surface area contributed by atoms with Crippen LogP contribution in [0.15, 0.2) is 36.5 Å². The van der Waals surface area contributed by atoms with Gasteiger partial charge < -0.3 is 10.4 Å². The lowest BCUT2D eigenvalue weighted by atomic mass is 9.96. The molecular weight excluding hydrogens is 292 g/mol. The third kappa shape index (κ3) is 3.56. The summed E-state index contributed by atoms with van der Waals surface area (Å²) in [5.74, 6) is -1.26. The lowest BCUT2D eigenvalue weighted by Crippen LogP contribution is -2.17. The molecule has 118 valence electrons. The van der Waals surface area contributed by atoms with Crippen molar-refractivity contribution in [3.05, 3.63) is 58.9 Å². The van der Waals surface area contributed by atoms with Crippen LogP contribution in [0.2, 0.25) is 0 Å². The summed E-state index contributed by atoms with van der Waals surface area (Å²) in [4.78, 5) is 27.8. The van der Waals surface area contributed by atoms with Crippen molar-refractivity contribution < 1.29 is 14.7 Å². The van der Waals surface area contributed by atoms with E-state index in [0.29, 0.717) is 11.3 Å². The molecule has 5 heteroatoms. The van der Waals surface area contributed by atoms with Crippen LogP contribution in [0.3, 0.4) is 0 Å². The van der Waals surface area contributed by atoms with Crippen LogP contribution < -0.4 is 5.32 Å². The van der Waals surface area contributed by atoms with Gasteiger partial charge in [0.1, 0.15) is 0 Å². The minimum Gasteiger partial charge on any atom is -0.478 e. The number of hydrogen-bond acceptors (Lipinski definition) is 3. The Labute approximate surface area is 134 Å². The van der Waals surface area contributed by atoms with Crippen LogP contribution in [0, 0.1) is 0 Å². The van der Waals surface area contributed by atoms with E-state index in [9.17, 15) is 9.59 Å². The van der Waals surface area contributed by atoms with E-state index in [-0.39, 0.29) is 17.9 Å². The van der Waals surface area contributed by atoms with Gasteiger partial charge in [0.15, 0.2) is 0 Å². The van der Waals surface area contributed by atoms with E-state index in [1.165, 1.54) is 11.6 Å². The molecule has 5 nitrogen and oxygen atoms in total. The second-order valence-electron chi connectivity index (χ2n) is 5.72. The Morgan fingerprint density at radius 1 is 1.17 bits per heavy atom. The molecule has 1 aliphatic rings. The topological polar surface area (TPSA) is 79.3 Å². The SMILES string of the molecule is O=C(Cc1ccccc1C(=O)O)Nc1cnc2c(c1)CCCC2. The van der Waals surface area contributed by atoms with E-state index in [0.717, 1.165) is 31.4 Å². The molecule has 0 saturated heterocycles. The molecule has 0 unspecified atom stereocenters. The zero-order valence-electron chi connectivity index (χ0n) is 12.7. The maximum Gasteiger partial charge on any atom is 0.335 e. The number of hydrogen-bond donors (Lipinski definition) is 2. The van der Waals surface area contributed by atoms with Gasteiger partial charge in [0, 0.05) is 5.69 Å². The Morgan fingerprint density at radius 2 is 1.96 bits per heavy atom. The highest BCUT2D eigenvalue weighted by Gasteiger charge is 2.14. The summed E-state index contributed by atoms with van der Waals surface area (Å²) in [6.07, 6.45) is 6.00. The second-order valence-corrected chi connectivity index (χ2v) is 5.72. The maximum absolute atomic E-state index is 12.2. The molecule has 0 fully saturated rings. The molecule has 1 aliphatic carbocycles. The molecule has 0 bridgehead atoms. The fourth-order valence-electron chi connectivity index (χ4n) is 2.92. The Balaban J connectivity index is 1.72. The number of aryl methyl sites for hydroxylation is 2. The number of carboxylic acid groups (broad SMARTS) is 1. The molecule has 23 heavy (non-hydrogen) atoms. The van der Waals surface area contributed by atoms with Crippen LogP contribution in [0.1, 0.15) is 40.0 Å². The predicted octanol–water partition coefficient (Wildman–Crippen LogP) is 2.84. The fourth-order valence-corrected chi connectivity index (χ4v) is 2.92. The van der Waals surface area contributed by atoms with Crippen molar-refractivity contribution in [2.24, 2.45) is 0 Å². The highest BCUT2D eigenvalue weighted by atomic mass is 16.4. The third-order valence-corrected chi connectivity index (χ3v) is 4.05. The number of aromatic nitrogens is 1. The number of nitrogens with zero attached hydrogens (tertiary/aromatic N) is 1. The highest BCUT2D eigenvalue weighted by Crippen LogP contribution is 2.22. The number of nitrogens with one attached hydrogen (secondary N) is 1. The average Bonchev–Trinajstić information content (AvgIpc) is 2.55. The molecule has 0 radical (unpaired) electrons. The molecule has 1 aromatic heterocycles. The number of carboxylic acids is 1. The number of rotatable bonds is 4. The quantitative estimate of drug-likeness (QED) is 0.910. The number of pyridine rings is 1. The van der Waals surface area contributed by atoms with Gasteiger partial charge in [0.2, 0.25) is 5.91 Å². The molecule has 0 spiro atoms. The molecule has 0 atom stereocenters. The van der Waals surface area contributed by atoms with Crippen LogP contribution in [0.5, 0.6) is 0 Å². The average molecular weight is 310 g/mol. The lowest BCUT2D eigenvalue weighted by Gasteiger charge is -2.15. The van der Waals surface area contributed by atoms with Gasteiger partial charge in [0.05, 0.1) is 23.9 Å². The van der Waals surface area contributed by atoms with Crippen LogP contribution in [0.4, 0.5) is 5.69 Å². The van der Waals surface area contributed by atoms with Crippen LogP contribution in [-0.4, -0.2) is 22.0 Å². The number of benzene rings is 1. The second kappa shape index (κ2) is 6.60. The molecule has 1 heterocycles. The van der Waals surface area contributed by atoms with E-state index in [1.807, 2.05) is 6.07 Å². The smallest absolute Gasteiger partial charge is 0.335 e. The van der Waals surface area contributed by atoms with Crippen molar-refractivity contribution in [3.8, 4) is 0 Å². The van der Waals surface area contributed by atoms with E-state index >= 15 is 0 Å². The first kappa shape index (κ1) is 15.2. The normalized spacial score (nSPS) is 13.2. The molecular formula is C18H18N2O3. The van der Waals surface area contributed by atoms with Gasteiger partial charge in [-0.15, -0.1) is 0 Å². The van der Waals surface area contributed by atoms with Crippen molar-refractivity contribution in [2.45, 2.75) is 32.1 Å². The first-order valence-electron chi connectivity index (χ1n) is 7.72. The summed E-state index contributed by atoms with van der Waals surface area (Å²) in [5, 5.41) is 12.0. The standard InChI is InChI=1S/C18H18N2O3/c21-17(10-12-5-1-3-7-15(12)18(22)23)20-14-9-13-6-2-4-8-16(13)19-11-14/h1,3,5,7,9,11H,2,4,6,8,10H2,(H,20,21)(H,22,23). The first-order chi connectivity index (χ1) is 11.1. The zero-order chi connectivity index (χ0) is 16.2. The summed E-state index contributed by atoms with van der Waals surface area (Å²) < 4.78 is 0. The van der Waals surface area contributed by atoms with Gasteiger partial charge in [-0.25, -0.2) is 4.79 Å². The number of carbonyl (C=O) groups excluding carboxylic acids is 1. The Kier molecular flexibility index (Phi) is 4.37. The molecule has 1 amide bonds. The number of anilines is 1. The van der Waals surface area contributed by atoms with E-state index in [2.05, 4.69) is 10.3 Å². The van der Waals surface area contributed by atoms with Gasteiger partial charge in [0.25, 0.3) is 0 Å². The molecule has 3 rings (SSSR count). The summed E-state index contributed by atoms with van der Waals surface area (Å²) in [6.45, 7) is 0. The van der Waals surface area contributed by atoms with Crippen molar-refractivity contribution in [1.82, 2.24) is 4.98 Å². The zero-order valence-corrected chi connectivity index (χ0v) is 12.7. The third-order valence-electron chi connectivity index (χ3n) is 4.05. The van der Waals surface area contributed by atoms with E-state index in [1.54, 1.807) is 24.4 Å². The number of fused-ring (bicyclic) bond motifs is 1. The molecule has 2 aromatic rings. The van der Waals surface area contributed by atoms with Gasteiger partial charge in [-0.3, -0.25) is 9.78 Å². The van der Waals surface area contributed by atoms with Crippen LogP contribution in [-0.2, 0) is 24.1 Å². The largest absolute Gasteiger partial charge is 0.478 e. The minimum atomic E-state index is -1.02. The summed E-state index contributed by atoms with van der Waals surface area (Å²) in [5.41, 5.74) is 3.64. The van der Waals surface area contributed by atoms with Crippen molar-refractivity contribution in [3.63, 3.8) is 0 Å². The monoisotopic (exact) mass is 310 g/mol. The number of carbonyl (C=O) groups is 2. The van der Waals surface area contributed by atoms with Crippen LogP contribution in [0.25, 0.3) is 0 Å². The fraction of sp³-hybridized carbons (Fsp3) is 0.278. The van der Waals surface area contributed by atoms with Crippen molar-refractivity contribution >= 4 is 17.6 Å². The Hall–Kier alpha value is -2.69. The van der Waals surface area contributed by atoms with Crippen molar-refractivity contribution in [1.29, 1.82) is 0 Å². The van der Waals surface area contributed by atoms with Crippen LogP contribution >= 0.6 is 0 Å². The molecule has 0 saturated carbocycles. The molecule has 0 aliphatic heterocycles. The van der Waals surface area contributed by atoms with E-state index in [4.69, 9.17) is 5.11 Å². The number of amides is 1. The summed E-state index contributed by atoms with van der Waals surface area (Å²) in [7, 11) is 0. The Morgan fingerprint density at radius 3 is 2.78 bits per heavy atom. The van der Waals surface area contributed by atoms with Gasteiger partial charge >= 0.3 is 5.97 Å². The Bertz CT molecular complexity index is 756. The van der Waals surface area contributed by atoms with Crippen molar-refractivity contribution in [2.75, 3.05) is 5.32 Å². The number of aromatic carboxylic acids is 1. The first-order valence-corrected chi connectivity index (χ1v) is 7.72.